The van der Waals surface area contributed by atoms with Gasteiger partial charge in [0.1, 0.15) is 0 Å². The molecule has 6 rings (SSSR count). The van der Waals surface area contributed by atoms with E-state index in [9.17, 15) is 29.5 Å². The molecular formula is C31H28N2O7S4. The van der Waals surface area contributed by atoms with Crippen LogP contribution in [0, 0.1) is 13.8 Å². The van der Waals surface area contributed by atoms with Gasteiger partial charge in [0.15, 0.2) is 0 Å². The summed E-state index contributed by atoms with van der Waals surface area (Å²) in [5.41, 5.74) is 3.88. The highest BCUT2D eigenvalue weighted by atomic mass is 32.2. The van der Waals surface area contributed by atoms with E-state index in [4.69, 9.17) is 0 Å². The minimum Gasteiger partial charge on any atom is -0.280 e. The minimum atomic E-state index is -3.75. The summed E-state index contributed by atoms with van der Waals surface area (Å²) in [6.07, 6.45) is 3.23. The van der Waals surface area contributed by atoms with Gasteiger partial charge in [-0.05, 0) is 96.9 Å². The van der Waals surface area contributed by atoms with E-state index in [1.54, 1.807) is 72.1 Å². The molecule has 2 N–H and O–H groups in total. The Bertz CT molecular complexity index is 2110. The van der Waals surface area contributed by atoms with E-state index in [1.807, 2.05) is 13.8 Å². The first kappa shape index (κ1) is 31.3. The molecule has 2 aliphatic heterocycles. The smallest absolute Gasteiger partial charge is 0.261 e. The SMILES string of the molecule is C=S1(=O)C=Cc2ccc(NS(=O)(=O)c3ccc(C)cc3)cc21.Cc1ccc(S(=O)(=O)Nc2ccc3c(c2)S(=O)(=O)C=C3)cc1. The van der Waals surface area contributed by atoms with Crippen molar-refractivity contribution in [2.75, 3.05) is 9.44 Å². The second-order valence-corrected chi connectivity index (χ2v) is 17.6. The average molecular weight is 669 g/mol. The number of anilines is 2. The summed E-state index contributed by atoms with van der Waals surface area (Å²) in [7, 11) is -13.4. The van der Waals surface area contributed by atoms with Crippen LogP contribution in [-0.2, 0) is 39.4 Å². The Morgan fingerprint density at radius 2 is 0.977 bits per heavy atom. The van der Waals surface area contributed by atoms with Crippen LogP contribution in [0.1, 0.15) is 22.3 Å². The first-order chi connectivity index (χ1) is 20.6. The summed E-state index contributed by atoms with van der Waals surface area (Å²) in [4.78, 5) is 0.972. The van der Waals surface area contributed by atoms with Crippen molar-refractivity contribution in [2.24, 2.45) is 0 Å². The molecule has 0 aromatic heterocycles. The maximum Gasteiger partial charge on any atom is 0.261 e. The number of hydrogen-bond donors (Lipinski definition) is 2. The van der Waals surface area contributed by atoms with Crippen LogP contribution < -0.4 is 9.44 Å². The Balaban J connectivity index is 0.000000175. The number of sulfone groups is 1. The lowest BCUT2D eigenvalue weighted by atomic mass is 10.2. The van der Waals surface area contributed by atoms with Gasteiger partial charge in [-0.25, -0.2) is 25.3 Å². The average Bonchev–Trinajstić information content (AvgIpc) is 3.43. The maximum absolute atomic E-state index is 12.4. The van der Waals surface area contributed by atoms with E-state index < -0.39 is 39.4 Å². The van der Waals surface area contributed by atoms with Crippen LogP contribution >= 0.6 is 0 Å². The predicted octanol–water partition coefficient (Wildman–Crippen LogP) is 5.41. The minimum absolute atomic E-state index is 0.108. The van der Waals surface area contributed by atoms with Gasteiger partial charge in [-0.1, -0.05) is 47.5 Å². The Morgan fingerprint density at radius 3 is 1.45 bits per heavy atom. The molecule has 9 nitrogen and oxygen atoms in total. The summed E-state index contributed by atoms with van der Waals surface area (Å²) < 4.78 is 90.1. The van der Waals surface area contributed by atoms with Gasteiger partial charge >= 0.3 is 0 Å². The second-order valence-electron chi connectivity index (χ2n) is 10.2. The van der Waals surface area contributed by atoms with E-state index in [0.29, 0.717) is 16.1 Å². The lowest BCUT2D eigenvalue weighted by Gasteiger charge is -2.10. The highest BCUT2D eigenvalue weighted by Gasteiger charge is 2.23. The van der Waals surface area contributed by atoms with Crippen molar-refractivity contribution in [3.05, 3.63) is 118 Å². The van der Waals surface area contributed by atoms with Gasteiger partial charge in [-0.3, -0.25) is 13.7 Å². The summed E-state index contributed by atoms with van der Waals surface area (Å²) in [5, 5.41) is 2.66. The first-order valence-electron chi connectivity index (χ1n) is 13.0. The molecule has 4 aromatic carbocycles. The van der Waals surface area contributed by atoms with Gasteiger partial charge in [0.05, 0.1) is 26.1 Å². The molecule has 0 saturated heterocycles. The molecule has 228 valence electrons. The fourth-order valence-electron chi connectivity index (χ4n) is 4.37. The number of rotatable bonds is 6. The molecule has 1 unspecified atom stereocenters. The summed E-state index contributed by atoms with van der Waals surface area (Å²) in [6, 6.07) is 22.4. The van der Waals surface area contributed by atoms with Crippen LogP contribution in [0.3, 0.4) is 0 Å². The molecule has 0 amide bonds. The van der Waals surface area contributed by atoms with Gasteiger partial charge in [-0.2, -0.15) is 0 Å². The van der Waals surface area contributed by atoms with Crippen molar-refractivity contribution in [1.29, 1.82) is 0 Å². The number of hydrogen-bond acceptors (Lipinski definition) is 7. The van der Waals surface area contributed by atoms with Gasteiger partial charge in [0.25, 0.3) is 20.0 Å². The van der Waals surface area contributed by atoms with Crippen molar-refractivity contribution in [2.45, 2.75) is 33.4 Å². The topological polar surface area (TPSA) is 144 Å². The third-order valence-corrected chi connectivity index (χ3v) is 12.7. The molecule has 0 aliphatic carbocycles. The predicted molar refractivity (Wildman–Crippen MR) is 176 cm³/mol. The second kappa shape index (κ2) is 11.4. The highest BCUT2D eigenvalue weighted by Crippen LogP contribution is 2.31. The van der Waals surface area contributed by atoms with Crippen molar-refractivity contribution in [3.63, 3.8) is 0 Å². The molecule has 0 spiro atoms. The van der Waals surface area contributed by atoms with E-state index in [2.05, 4.69) is 15.3 Å². The Kier molecular flexibility index (Phi) is 8.10. The molecule has 0 fully saturated rings. The van der Waals surface area contributed by atoms with Crippen LogP contribution in [0.5, 0.6) is 0 Å². The maximum atomic E-state index is 12.4. The third-order valence-electron chi connectivity index (χ3n) is 6.77. The zero-order chi connectivity index (χ0) is 31.9. The monoisotopic (exact) mass is 668 g/mol. The number of benzene rings is 4. The molecule has 44 heavy (non-hydrogen) atoms. The molecule has 4 aromatic rings. The molecule has 0 radical (unpaired) electrons. The Labute approximate surface area is 258 Å². The van der Waals surface area contributed by atoms with Gasteiger partial charge in [0.2, 0.25) is 9.84 Å². The molecular weight excluding hydrogens is 641 g/mol. The van der Waals surface area contributed by atoms with Crippen LogP contribution in [0.25, 0.3) is 12.2 Å². The van der Waals surface area contributed by atoms with Crippen LogP contribution in [0.2, 0.25) is 0 Å². The zero-order valence-electron chi connectivity index (χ0n) is 23.6. The van der Waals surface area contributed by atoms with E-state index in [1.165, 1.54) is 30.3 Å². The van der Waals surface area contributed by atoms with Gasteiger partial charge in [0, 0.05) is 19.8 Å². The van der Waals surface area contributed by atoms with E-state index >= 15 is 0 Å². The van der Waals surface area contributed by atoms with Gasteiger partial charge in [-0.15, -0.1) is 0 Å². The number of nitrogens with one attached hydrogen (secondary N) is 2. The fraction of sp³-hybridized carbons (Fsp3) is 0.0645. The normalized spacial score (nSPS) is 17.7. The lowest BCUT2D eigenvalue weighted by molar-refractivity contribution is 0.599. The van der Waals surface area contributed by atoms with Crippen molar-refractivity contribution < 1.29 is 29.5 Å². The van der Waals surface area contributed by atoms with Crippen LogP contribution in [-0.4, -0.2) is 35.3 Å². The molecule has 0 saturated carbocycles. The van der Waals surface area contributed by atoms with E-state index in [0.717, 1.165) is 22.1 Å². The quantitative estimate of drug-likeness (QED) is 0.262. The standard InChI is InChI=1S/C16H15NO3S2.C15H13NO4S2/c1-12-3-7-15(8-4-12)22(19,20)17-14-6-5-13-9-10-21(2,18)16(13)11-14;1-11-2-6-14(7-3-11)22(19,20)16-13-5-4-12-8-9-21(17,18)15(12)10-13/h3-11,17H,2H2,1H3;2-10,16H,1H3. The lowest BCUT2D eigenvalue weighted by Crippen LogP contribution is -2.13. The zero-order valence-corrected chi connectivity index (χ0v) is 26.9. The van der Waals surface area contributed by atoms with Crippen molar-refractivity contribution in [1.82, 2.24) is 0 Å². The van der Waals surface area contributed by atoms with Gasteiger partial charge < -0.3 is 0 Å². The Morgan fingerprint density at radius 1 is 0.568 bits per heavy atom. The molecule has 13 heteroatoms. The Hall–Kier alpha value is -4.17. The summed E-state index contributed by atoms with van der Waals surface area (Å²) in [5.74, 6) is 3.68. The van der Waals surface area contributed by atoms with Crippen molar-refractivity contribution >= 4 is 68.8 Å². The third kappa shape index (κ3) is 6.65. The number of aryl methyl sites for hydroxylation is 2. The molecule has 2 aliphatic rings. The molecule has 1 atom stereocenters. The summed E-state index contributed by atoms with van der Waals surface area (Å²) in [6.45, 7) is 3.75. The first-order valence-corrected chi connectivity index (χ1v) is 19.3. The largest absolute Gasteiger partial charge is 0.280 e. The summed E-state index contributed by atoms with van der Waals surface area (Å²) >= 11 is 0. The van der Waals surface area contributed by atoms with Crippen LogP contribution in [0.4, 0.5) is 11.4 Å². The number of sulfonamides is 2. The molecule has 0 bridgehead atoms. The number of fused-ring (bicyclic) bond motifs is 2. The van der Waals surface area contributed by atoms with Crippen molar-refractivity contribution in [3.8, 4) is 0 Å². The molecule has 2 heterocycles. The van der Waals surface area contributed by atoms with E-state index in [-0.39, 0.29) is 20.4 Å². The highest BCUT2D eigenvalue weighted by molar-refractivity contribution is 8.03. The van der Waals surface area contributed by atoms with Crippen LogP contribution in [0.15, 0.2) is 115 Å². The fourth-order valence-corrected chi connectivity index (χ4v) is 9.07.